The maximum absolute atomic E-state index is 9.75. The number of rotatable bonds is 7. The van der Waals surface area contributed by atoms with Gasteiger partial charge in [0.2, 0.25) is 0 Å². The fourth-order valence-electron chi connectivity index (χ4n) is 1.25. The van der Waals surface area contributed by atoms with E-state index in [1.165, 1.54) is 0 Å². The lowest BCUT2D eigenvalue weighted by Gasteiger charge is -2.10. The summed E-state index contributed by atoms with van der Waals surface area (Å²) in [5.74, 6) is 0.657. The van der Waals surface area contributed by atoms with Crippen molar-refractivity contribution < 1.29 is 9.84 Å². The van der Waals surface area contributed by atoms with Gasteiger partial charge < -0.3 is 9.84 Å². The van der Waals surface area contributed by atoms with Crippen LogP contribution in [0.25, 0.3) is 0 Å². The molecule has 0 saturated carbocycles. The Labute approximate surface area is 96.7 Å². The van der Waals surface area contributed by atoms with E-state index in [9.17, 15) is 5.11 Å². The highest BCUT2D eigenvalue weighted by atomic mass is 16.5. The average Bonchev–Trinajstić information content (AvgIpc) is 2.29. The van der Waals surface area contributed by atoms with Crippen molar-refractivity contribution in [3.63, 3.8) is 0 Å². The zero-order valence-corrected chi connectivity index (χ0v) is 9.97. The molecule has 0 aromatic carbocycles. The van der Waals surface area contributed by atoms with Crippen molar-refractivity contribution >= 4 is 0 Å². The van der Waals surface area contributed by atoms with Crippen molar-refractivity contribution in [2.24, 2.45) is 5.92 Å². The van der Waals surface area contributed by atoms with E-state index in [-0.39, 0.29) is 0 Å². The highest BCUT2D eigenvalue weighted by molar-refractivity contribution is 4.98. The molecule has 0 spiro atoms. The summed E-state index contributed by atoms with van der Waals surface area (Å²) in [4.78, 5) is 7.95. The van der Waals surface area contributed by atoms with Crippen molar-refractivity contribution in [2.45, 2.75) is 32.8 Å². The van der Waals surface area contributed by atoms with E-state index in [1.807, 2.05) is 0 Å². The highest BCUT2D eigenvalue weighted by Crippen LogP contribution is 2.12. The van der Waals surface area contributed by atoms with Crippen molar-refractivity contribution in [1.82, 2.24) is 9.97 Å². The molecule has 4 heteroatoms. The second-order valence-electron chi connectivity index (χ2n) is 4.23. The first-order valence-corrected chi connectivity index (χ1v) is 5.72. The molecule has 0 aliphatic carbocycles. The lowest BCUT2D eigenvalue weighted by Crippen LogP contribution is -2.07. The van der Waals surface area contributed by atoms with Crippen LogP contribution >= 0.6 is 0 Å². The van der Waals surface area contributed by atoms with E-state index in [2.05, 4.69) is 23.8 Å². The molecule has 1 heterocycles. The quantitative estimate of drug-likeness (QED) is 0.719. The summed E-state index contributed by atoms with van der Waals surface area (Å²) in [5.41, 5.74) is 0.606. The molecule has 1 unspecified atom stereocenters. The average molecular weight is 224 g/mol. The van der Waals surface area contributed by atoms with Gasteiger partial charge in [-0.1, -0.05) is 13.8 Å². The number of ether oxygens (including phenoxy) is 1. The minimum absolute atomic E-state index is 0.560. The zero-order chi connectivity index (χ0) is 11.8. The summed E-state index contributed by atoms with van der Waals surface area (Å²) in [6.07, 6.45) is 5.80. The summed E-state index contributed by atoms with van der Waals surface area (Å²) in [7, 11) is 0. The van der Waals surface area contributed by atoms with Gasteiger partial charge in [-0.2, -0.15) is 0 Å². The topological polar surface area (TPSA) is 55.2 Å². The maximum Gasteiger partial charge on any atom is 0.0997 e. The predicted molar refractivity (Wildman–Crippen MR) is 61.9 cm³/mol. The number of aromatic nitrogens is 2. The molecule has 0 saturated heterocycles. The van der Waals surface area contributed by atoms with Crippen molar-refractivity contribution in [3.05, 3.63) is 24.3 Å². The van der Waals surface area contributed by atoms with E-state index < -0.39 is 6.10 Å². The summed E-state index contributed by atoms with van der Waals surface area (Å²) >= 11 is 0. The Morgan fingerprint density at radius 2 is 2.00 bits per heavy atom. The second kappa shape index (κ2) is 7.30. The monoisotopic (exact) mass is 224 g/mol. The second-order valence-corrected chi connectivity index (χ2v) is 4.23. The lowest BCUT2D eigenvalue weighted by molar-refractivity contribution is 0.0749. The molecule has 16 heavy (non-hydrogen) atoms. The van der Waals surface area contributed by atoms with Gasteiger partial charge in [0.1, 0.15) is 0 Å². The zero-order valence-electron chi connectivity index (χ0n) is 9.97. The van der Waals surface area contributed by atoms with Crippen LogP contribution in [0, 0.1) is 5.92 Å². The Hall–Kier alpha value is -1.00. The van der Waals surface area contributed by atoms with Crippen LogP contribution in [0.3, 0.4) is 0 Å². The highest BCUT2D eigenvalue weighted by Gasteiger charge is 2.08. The predicted octanol–water partition coefficient (Wildman–Crippen LogP) is 1.96. The largest absolute Gasteiger partial charge is 0.387 e. The molecule has 90 valence electrons. The van der Waals surface area contributed by atoms with Gasteiger partial charge in [-0.3, -0.25) is 9.97 Å². The van der Waals surface area contributed by atoms with Crippen LogP contribution < -0.4 is 0 Å². The minimum Gasteiger partial charge on any atom is -0.387 e. The Morgan fingerprint density at radius 3 is 2.62 bits per heavy atom. The van der Waals surface area contributed by atoms with Gasteiger partial charge in [0.15, 0.2) is 0 Å². The van der Waals surface area contributed by atoms with Crippen LogP contribution in [-0.4, -0.2) is 28.3 Å². The summed E-state index contributed by atoms with van der Waals surface area (Å²) in [6, 6.07) is 0. The summed E-state index contributed by atoms with van der Waals surface area (Å²) in [5, 5.41) is 9.75. The van der Waals surface area contributed by atoms with Crippen LogP contribution in [-0.2, 0) is 4.74 Å². The Balaban J connectivity index is 2.14. The molecule has 0 aliphatic heterocycles. The molecule has 1 aromatic heterocycles. The number of nitrogens with zero attached hydrogens (tertiary/aromatic N) is 2. The molecule has 1 aromatic rings. The Kier molecular flexibility index (Phi) is 5.96. The first-order valence-electron chi connectivity index (χ1n) is 5.72. The molecular weight excluding hydrogens is 204 g/mol. The van der Waals surface area contributed by atoms with Crippen LogP contribution in [0.2, 0.25) is 0 Å². The van der Waals surface area contributed by atoms with Crippen LogP contribution in [0.4, 0.5) is 0 Å². The molecule has 1 rings (SSSR count). The number of aliphatic hydroxyl groups is 1. The van der Waals surface area contributed by atoms with Gasteiger partial charge in [-0.05, 0) is 12.3 Å². The van der Waals surface area contributed by atoms with Gasteiger partial charge in [-0.15, -0.1) is 0 Å². The molecule has 0 radical (unpaired) electrons. The van der Waals surface area contributed by atoms with Gasteiger partial charge in [0, 0.05) is 32.0 Å². The summed E-state index contributed by atoms with van der Waals surface area (Å²) in [6.45, 7) is 5.64. The van der Waals surface area contributed by atoms with Crippen molar-refractivity contribution in [2.75, 3.05) is 13.2 Å². The first kappa shape index (κ1) is 13.1. The minimum atomic E-state index is -0.576. The van der Waals surface area contributed by atoms with Gasteiger partial charge in [0.05, 0.1) is 18.0 Å². The molecular formula is C12H20N2O2. The standard InChI is InChI=1S/C12H20N2O2/c1-10(2)3-7-16-8-4-12(15)11-9-13-5-6-14-11/h5-6,9-10,12,15H,3-4,7-8H2,1-2H3. The normalized spacial score (nSPS) is 13.0. The molecule has 4 nitrogen and oxygen atoms in total. The number of hydrogen-bond acceptors (Lipinski definition) is 4. The molecule has 1 N–H and O–H groups in total. The van der Waals surface area contributed by atoms with Crippen LogP contribution in [0.5, 0.6) is 0 Å². The van der Waals surface area contributed by atoms with Crippen LogP contribution in [0.15, 0.2) is 18.6 Å². The lowest BCUT2D eigenvalue weighted by atomic mass is 10.1. The Morgan fingerprint density at radius 1 is 1.25 bits per heavy atom. The van der Waals surface area contributed by atoms with Gasteiger partial charge in [0.25, 0.3) is 0 Å². The molecule has 0 fully saturated rings. The van der Waals surface area contributed by atoms with E-state index in [0.717, 1.165) is 13.0 Å². The van der Waals surface area contributed by atoms with E-state index in [1.54, 1.807) is 18.6 Å². The fraction of sp³-hybridized carbons (Fsp3) is 0.667. The number of hydrogen-bond donors (Lipinski definition) is 1. The van der Waals surface area contributed by atoms with E-state index in [0.29, 0.717) is 24.6 Å². The van der Waals surface area contributed by atoms with E-state index in [4.69, 9.17) is 4.74 Å². The van der Waals surface area contributed by atoms with Gasteiger partial charge >= 0.3 is 0 Å². The van der Waals surface area contributed by atoms with Crippen LogP contribution in [0.1, 0.15) is 38.5 Å². The Bertz CT molecular complexity index is 278. The molecule has 0 amide bonds. The third kappa shape index (κ3) is 5.19. The third-order valence-corrected chi connectivity index (χ3v) is 2.30. The van der Waals surface area contributed by atoms with E-state index >= 15 is 0 Å². The fourth-order valence-corrected chi connectivity index (χ4v) is 1.25. The smallest absolute Gasteiger partial charge is 0.0997 e. The molecule has 0 bridgehead atoms. The van der Waals surface area contributed by atoms with Crippen molar-refractivity contribution in [3.8, 4) is 0 Å². The number of aliphatic hydroxyl groups excluding tert-OH is 1. The maximum atomic E-state index is 9.75. The summed E-state index contributed by atoms with van der Waals surface area (Å²) < 4.78 is 5.43. The SMILES string of the molecule is CC(C)CCOCCC(O)c1cnccn1. The molecule has 1 atom stereocenters. The van der Waals surface area contributed by atoms with Gasteiger partial charge in [-0.25, -0.2) is 0 Å². The van der Waals surface area contributed by atoms with Crippen molar-refractivity contribution in [1.29, 1.82) is 0 Å². The third-order valence-electron chi connectivity index (χ3n) is 2.30. The molecule has 0 aliphatic rings. The first-order chi connectivity index (χ1) is 7.70.